The van der Waals surface area contributed by atoms with Crippen LogP contribution in [0.4, 0.5) is 0 Å². The van der Waals surface area contributed by atoms with E-state index in [1.54, 1.807) is 36.5 Å². The minimum absolute atomic E-state index is 0.0261. The summed E-state index contributed by atoms with van der Waals surface area (Å²) in [6.45, 7) is 1.99. The van der Waals surface area contributed by atoms with Gasteiger partial charge in [0.25, 0.3) is 0 Å². The van der Waals surface area contributed by atoms with E-state index in [0.29, 0.717) is 0 Å². The van der Waals surface area contributed by atoms with Crippen molar-refractivity contribution in [1.29, 1.82) is 0 Å². The summed E-state index contributed by atoms with van der Waals surface area (Å²) in [7, 11) is 3.45. The quantitative estimate of drug-likeness (QED) is 0.782. The molecule has 0 radical (unpaired) electrons. The Hall–Kier alpha value is -2.07. The molecule has 1 unspecified atom stereocenters. The zero-order valence-electron chi connectivity index (χ0n) is 12.4. The third-order valence-corrected chi connectivity index (χ3v) is 4.29. The second-order valence-electron chi connectivity index (χ2n) is 4.72. The number of hydrogen-bond acceptors (Lipinski definition) is 3. The normalized spacial score (nSPS) is 12.3. The molecule has 1 aromatic carbocycles. The van der Waals surface area contributed by atoms with Crippen molar-refractivity contribution in [3.8, 4) is 5.75 Å². The predicted octanol–water partition coefficient (Wildman–Crippen LogP) is 3.99. The molecule has 2 aromatic rings. The van der Waals surface area contributed by atoms with Crippen LogP contribution < -0.4 is 4.74 Å². The van der Waals surface area contributed by atoms with Gasteiger partial charge in [-0.15, -0.1) is 11.3 Å². The summed E-state index contributed by atoms with van der Waals surface area (Å²) in [5.74, 6) is 0.772. The topological polar surface area (TPSA) is 29.5 Å². The highest BCUT2D eigenvalue weighted by Gasteiger charge is 2.18. The molecule has 0 bridgehead atoms. The predicted molar refractivity (Wildman–Crippen MR) is 87.5 cm³/mol. The van der Waals surface area contributed by atoms with E-state index >= 15 is 0 Å². The summed E-state index contributed by atoms with van der Waals surface area (Å²) in [5, 5.41) is 1.99. The maximum Gasteiger partial charge on any atom is 0.246 e. The third-order valence-electron chi connectivity index (χ3n) is 3.45. The van der Waals surface area contributed by atoms with Crippen molar-refractivity contribution in [2.24, 2.45) is 0 Å². The number of carbonyl (C=O) groups excluding carboxylic acids is 1. The molecule has 2 rings (SSSR count). The van der Waals surface area contributed by atoms with E-state index in [2.05, 4.69) is 0 Å². The Bertz CT molecular complexity index is 619. The SMILES string of the molecule is COc1ccccc1C(C)N(C)C(=O)/C=C/c1cccs1. The second-order valence-corrected chi connectivity index (χ2v) is 5.70. The van der Waals surface area contributed by atoms with Gasteiger partial charge in [-0.3, -0.25) is 4.79 Å². The van der Waals surface area contributed by atoms with E-state index in [1.807, 2.05) is 54.8 Å². The molecular weight excluding hydrogens is 282 g/mol. The number of likely N-dealkylation sites (N-methyl/N-ethyl adjacent to an activating group) is 1. The molecule has 4 heteroatoms. The van der Waals surface area contributed by atoms with Gasteiger partial charge in [-0.25, -0.2) is 0 Å². The first-order valence-corrected chi connectivity index (χ1v) is 7.62. The Balaban J connectivity index is 2.11. The summed E-state index contributed by atoms with van der Waals surface area (Å²) >= 11 is 1.61. The van der Waals surface area contributed by atoms with E-state index in [0.717, 1.165) is 16.2 Å². The lowest BCUT2D eigenvalue weighted by Crippen LogP contribution is -2.28. The highest BCUT2D eigenvalue weighted by Crippen LogP contribution is 2.28. The van der Waals surface area contributed by atoms with Gasteiger partial charge in [-0.1, -0.05) is 24.3 Å². The number of hydrogen-bond donors (Lipinski definition) is 0. The van der Waals surface area contributed by atoms with E-state index in [4.69, 9.17) is 4.74 Å². The number of thiophene rings is 1. The van der Waals surface area contributed by atoms with Gasteiger partial charge in [0, 0.05) is 23.6 Å². The first-order valence-electron chi connectivity index (χ1n) is 6.74. The average Bonchev–Trinajstić information content (AvgIpc) is 3.04. The fourth-order valence-corrected chi connectivity index (χ4v) is 2.69. The number of amides is 1. The molecule has 1 atom stereocenters. The van der Waals surface area contributed by atoms with Crippen molar-refractivity contribution in [3.63, 3.8) is 0 Å². The maximum atomic E-state index is 12.3. The van der Waals surface area contributed by atoms with Gasteiger partial charge in [0.05, 0.1) is 13.2 Å². The molecule has 0 aliphatic rings. The van der Waals surface area contributed by atoms with E-state index in [9.17, 15) is 4.79 Å². The van der Waals surface area contributed by atoms with Crippen molar-refractivity contribution >= 4 is 23.3 Å². The zero-order chi connectivity index (χ0) is 15.2. The Morgan fingerprint density at radius 3 is 2.71 bits per heavy atom. The van der Waals surface area contributed by atoms with Crippen LogP contribution >= 0.6 is 11.3 Å². The molecule has 0 saturated carbocycles. The van der Waals surface area contributed by atoms with Gasteiger partial charge in [-0.2, -0.15) is 0 Å². The molecule has 1 amide bonds. The van der Waals surface area contributed by atoms with Crippen molar-refractivity contribution < 1.29 is 9.53 Å². The van der Waals surface area contributed by atoms with Crippen molar-refractivity contribution in [3.05, 3.63) is 58.3 Å². The van der Waals surface area contributed by atoms with Crippen LogP contribution in [0.2, 0.25) is 0 Å². The van der Waals surface area contributed by atoms with Crippen LogP contribution in [0.5, 0.6) is 5.75 Å². The summed E-state index contributed by atoms with van der Waals surface area (Å²) in [6, 6.07) is 11.7. The molecule has 0 aliphatic carbocycles. The zero-order valence-corrected chi connectivity index (χ0v) is 13.3. The number of para-hydroxylation sites is 1. The lowest BCUT2D eigenvalue weighted by atomic mass is 10.1. The minimum Gasteiger partial charge on any atom is -0.496 e. The summed E-state index contributed by atoms with van der Waals surface area (Å²) in [4.78, 5) is 15.0. The standard InChI is InChI=1S/C17H19NO2S/c1-13(15-8-4-5-9-16(15)20-3)18(2)17(19)11-10-14-7-6-12-21-14/h4-13H,1-3H3/b11-10+. The molecule has 1 aromatic heterocycles. The largest absolute Gasteiger partial charge is 0.496 e. The van der Waals surface area contributed by atoms with Crippen LogP contribution in [-0.4, -0.2) is 25.0 Å². The van der Waals surface area contributed by atoms with Crippen LogP contribution in [0.1, 0.15) is 23.4 Å². The summed E-state index contributed by atoms with van der Waals surface area (Å²) in [5.41, 5.74) is 1.00. The van der Waals surface area contributed by atoms with E-state index in [1.165, 1.54) is 0 Å². The van der Waals surface area contributed by atoms with Gasteiger partial charge in [-0.05, 0) is 30.5 Å². The number of carbonyl (C=O) groups is 1. The number of benzene rings is 1. The number of ether oxygens (including phenoxy) is 1. The summed E-state index contributed by atoms with van der Waals surface area (Å²) < 4.78 is 5.36. The smallest absolute Gasteiger partial charge is 0.246 e. The van der Waals surface area contributed by atoms with E-state index in [-0.39, 0.29) is 11.9 Å². The molecule has 0 saturated heterocycles. The number of methoxy groups -OCH3 is 1. The highest BCUT2D eigenvalue weighted by atomic mass is 32.1. The monoisotopic (exact) mass is 301 g/mol. The Morgan fingerprint density at radius 2 is 2.05 bits per heavy atom. The second kappa shape index (κ2) is 7.09. The fourth-order valence-electron chi connectivity index (χ4n) is 2.07. The fraction of sp³-hybridized carbons (Fsp3) is 0.235. The lowest BCUT2D eigenvalue weighted by Gasteiger charge is -2.25. The first kappa shape index (κ1) is 15.3. The Kier molecular flexibility index (Phi) is 5.17. The van der Waals surface area contributed by atoms with Crippen LogP contribution in [0.25, 0.3) is 6.08 Å². The van der Waals surface area contributed by atoms with Gasteiger partial charge in [0.15, 0.2) is 0 Å². The molecule has 0 N–H and O–H groups in total. The molecule has 0 aliphatic heterocycles. The van der Waals surface area contributed by atoms with Crippen LogP contribution in [0, 0.1) is 0 Å². The summed E-state index contributed by atoms with van der Waals surface area (Å²) in [6.07, 6.45) is 3.45. The maximum absolute atomic E-state index is 12.3. The molecule has 1 heterocycles. The molecular formula is C17H19NO2S. The number of nitrogens with zero attached hydrogens (tertiary/aromatic N) is 1. The molecule has 0 spiro atoms. The van der Waals surface area contributed by atoms with Crippen molar-refractivity contribution in [2.45, 2.75) is 13.0 Å². The Labute approximate surface area is 129 Å². The van der Waals surface area contributed by atoms with Crippen LogP contribution in [0.15, 0.2) is 47.9 Å². The van der Waals surface area contributed by atoms with Crippen molar-refractivity contribution in [1.82, 2.24) is 4.90 Å². The van der Waals surface area contributed by atoms with E-state index < -0.39 is 0 Å². The van der Waals surface area contributed by atoms with Crippen LogP contribution in [-0.2, 0) is 4.79 Å². The molecule has 3 nitrogen and oxygen atoms in total. The van der Waals surface area contributed by atoms with Gasteiger partial charge >= 0.3 is 0 Å². The first-order chi connectivity index (χ1) is 10.1. The average molecular weight is 301 g/mol. The molecule has 110 valence electrons. The van der Waals surface area contributed by atoms with Crippen molar-refractivity contribution in [2.75, 3.05) is 14.2 Å². The Morgan fingerprint density at radius 1 is 1.29 bits per heavy atom. The van der Waals surface area contributed by atoms with Gasteiger partial charge in [0.1, 0.15) is 5.75 Å². The minimum atomic E-state index is -0.0540. The third kappa shape index (κ3) is 3.73. The van der Waals surface area contributed by atoms with Gasteiger partial charge < -0.3 is 9.64 Å². The van der Waals surface area contributed by atoms with Gasteiger partial charge in [0.2, 0.25) is 5.91 Å². The number of rotatable bonds is 5. The lowest BCUT2D eigenvalue weighted by molar-refractivity contribution is -0.126. The molecule has 21 heavy (non-hydrogen) atoms. The molecule has 0 fully saturated rings. The highest BCUT2D eigenvalue weighted by molar-refractivity contribution is 7.10. The van der Waals surface area contributed by atoms with Crippen LogP contribution in [0.3, 0.4) is 0 Å².